The Labute approximate surface area is 457 Å². The van der Waals surface area contributed by atoms with E-state index in [1.165, 1.54) is 148 Å². The van der Waals surface area contributed by atoms with Gasteiger partial charge in [-0.1, -0.05) is 247 Å². The number of nitrogens with zero attached hydrogens (tertiary/aromatic N) is 1. The molecule has 0 aliphatic heterocycles. The van der Waals surface area contributed by atoms with Crippen LogP contribution >= 0.6 is 7.82 Å². The topological polar surface area (TPSA) is 108 Å². The van der Waals surface area contributed by atoms with E-state index in [1.54, 1.807) is 0 Å². The van der Waals surface area contributed by atoms with Crippen molar-refractivity contribution < 1.29 is 42.1 Å². The first-order valence-electron chi connectivity index (χ1n) is 30.7. The molecule has 0 aromatic heterocycles. The molecule has 0 saturated heterocycles. The maximum absolute atomic E-state index is 12.8. The van der Waals surface area contributed by atoms with Crippen molar-refractivity contribution in [3.8, 4) is 0 Å². The first-order chi connectivity index (χ1) is 36.0. The summed E-state index contributed by atoms with van der Waals surface area (Å²) in [6.07, 6.45) is 72.7. The molecule has 9 nitrogen and oxygen atoms in total. The van der Waals surface area contributed by atoms with Gasteiger partial charge in [-0.15, -0.1) is 0 Å². The molecule has 2 atom stereocenters. The van der Waals surface area contributed by atoms with Gasteiger partial charge in [0.2, 0.25) is 0 Å². The Morgan fingerprint density at radius 2 is 0.770 bits per heavy atom. The van der Waals surface area contributed by atoms with Crippen LogP contribution in [0.1, 0.15) is 271 Å². The number of phosphoric acid groups is 1. The molecule has 0 rings (SSSR count). The normalized spacial score (nSPS) is 13.8. The minimum atomic E-state index is -4.39. The largest absolute Gasteiger partial charge is 0.472 e. The van der Waals surface area contributed by atoms with E-state index in [0.29, 0.717) is 17.4 Å². The number of carbonyl (C=O) groups excluding carboxylic acids is 2. The Morgan fingerprint density at radius 1 is 0.432 bits per heavy atom. The Morgan fingerprint density at radius 3 is 1.15 bits per heavy atom. The summed E-state index contributed by atoms with van der Waals surface area (Å²) in [6.45, 7) is 4.31. The third-order valence-corrected chi connectivity index (χ3v) is 14.2. The van der Waals surface area contributed by atoms with E-state index in [2.05, 4.69) is 86.8 Å². The van der Waals surface area contributed by atoms with Gasteiger partial charge in [0, 0.05) is 12.8 Å². The Balaban J connectivity index is 4.07. The molecule has 0 aromatic carbocycles. The summed E-state index contributed by atoms with van der Waals surface area (Å²) in [5.41, 5.74) is 0. The highest BCUT2D eigenvalue weighted by molar-refractivity contribution is 7.47. The molecular formula is C64H117NO8P+. The fourth-order valence-corrected chi connectivity index (χ4v) is 9.25. The molecule has 0 aromatic rings. The summed E-state index contributed by atoms with van der Waals surface area (Å²) in [6, 6.07) is 0. The minimum absolute atomic E-state index is 0.0268. The smallest absolute Gasteiger partial charge is 0.462 e. The SMILES string of the molecule is CC/C=C\C/C=C\C/C=C\C/C=C\CCCCCCCCC(=O)OC(COC(=O)CCCCCCCCCCCCCCCCCCCCC/C=C\C/C=C\CCCCCCC)COP(=O)(O)OCC[N+](C)(C)C. The Kier molecular flexibility index (Phi) is 53.3. The number of quaternary nitrogens is 1. The lowest BCUT2D eigenvalue weighted by Crippen LogP contribution is -2.37. The van der Waals surface area contributed by atoms with Crippen LogP contribution in [0.25, 0.3) is 0 Å². The number of esters is 2. The summed E-state index contributed by atoms with van der Waals surface area (Å²) >= 11 is 0. The monoisotopic (exact) mass is 1060 g/mol. The predicted molar refractivity (Wildman–Crippen MR) is 316 cm³/mol. The fourth-order valence-electron chi connectivity index (χ4n) is 8.51. The third kappa shape index (κ3) is 58.7. The van der Waals surface area contributed by atoms with Crippen molar-refractivity contribution >= 4 is 19.8 Å². The first-order valence-corrected chi connectivity index (χ1v) is 32.2. The van der Waals surface area contributed by atoms with Crippen molar-refractivity contribution in [3.63, 3.8) is 0 Å². The average Bonchev–Trinajstić information content (AvgIpc) is 3.36. The molecule has 0 aliphatic rings. The molecule has 74 heavy (non-hydrogen) atoms. The molecule has 0 bridgehead atoms. The average molecular weight is 1060 g/mol. The number of phosphoric ester groups is 1. The summed E-state index contributed by atoms with van der Waals surface area (Å²) in [5.74, 6) is -0.808. The van der Waals surface area contributed by atoms with Gasteiger partial charge >= 0.3 is 19.8 Å². The van der Waals surface area contributed by atoms with Crippen LogP contribution in [0, 0.1) is 0 Å². The molecule has 0 heterocycles. The van der Waals surface area contributed by atoms with E-state index in [4.69, 9.17) is 18.5 Å². The van der Waals surface area contributed by atoms with E-state index in [1.807, 2.05) is 21.1 Å². The maximum Gasteiger partial charge on any atom is 0.472 e. The van der Waals surface area contributed by atoms with E-state index in [0.717, 1.165) is 89.9 Å². The van der Waals surface area contributed by atoms with Crippen LogP contribution in [0.3, 0.4) is 0 Å². The van der Waals surface area contributed by atoms with E-state index in [9.17, 15) is 19.0 Å². The Bertz CT molecular complexity index is 1480. The van der Waals surface area contributed by atoms with Crippen LogP contribution in [0.2, 0.25) is 0 Å². The van der Waals surface area contributed by atoms with Gasteiger partial charge < -0.3 is 18.9 Å². The molecule has 1 N–H and O–H groups in total. The second-order valence-corrected chi connectivity index (χ2v) is 23.2. The summed E-state index contributed by atoms with van der Waals surface area (Å²) < 4.78 is 34.6. The van der Waals surface area contributed by atoms with Crippen LogP contribution in [0.5, 0.6) is 0 Å². The number of hydrogen-bond acceptors (Lipinski definition) is 7. The zero-order valence-electron chi connectivity index (χ0n) is 48.8. The molecular weight excluding hydrogens is 942 g/mol. The van der Waals surface area contributed by atoms with Gasteiger partial charge in [-0.05, 0) is 83.5 Å². The lowest BCUT2D eigenvalue weighted by atomic mass is 10.0. The summed E-state index contributed by atoms with van der Waals surface area (Å²) in [7, 11) is 1.47. The highest BCUT2D eigenvalue weighted by atomic mass is 31.2. The van der Waals surface area contributed by atoms with Gasteiger partial charge in [0.1, 0.15) is 19.8 Å². The minimum Gasteiger partial charge on any atom is -0.462 e. The van der Waals surface area contributed by atoms with Gasteiger partial charge in [-0.2, -0.15) is 0 Å². The van der Waals surface area contributed by atoms with Crippen LogP contribution < -0.4 is 0 Å². The number of carbonyl (C=O) groups is 2. The first kappa shape index (κ1) is 71.5. The number of likely N-dealkylation sites (N-methyl/N-ethyl adjacent to an activating group) is 1. The zero-order valence-corrected chi connectivity index (χ0v) is 49.7. The Hall–Kier alpha value is -2.55. The highest BCUT2D eigenvalue weighted by Crippen LogP contribution is 2.43. The number of allylic oxidation sites excluding steroid dienone is 12. The van der Waals surface area contributed by atoms with Gasteiger partial charge in [-0.25, -0.2) is 4.57 Å². The third-order valence-electron chi connectivity index (χ3n) is 13.2. The number of ether oxygens (including phenoxy) is 2. The molecule has 0 spiro atoms. The summed E-state index contributed by atoms with van der Waals surface area (Å²) in [5, 5.41) is 0. The van der Waals surface area contributed by atoms with Crippen molar-refractivity contribution in [2.75, 3.05) is 47.5 Å². The highest BCUT2D eigenvalue weighted by Gasteiger charge is 2.27. The van der Waals surface area contributed by atoms with Gasteiger partial charge in [0.05, 0.1) is 27.7 Å². The molecule has 0 aliphatic carbocycles. The lowest BCUT2D eigenvalue weighted by molar-refractivity contribution is -0.870. The second kappa shape index (κ2) is 55.2. The molecule has 430 valence electrons. The second-order valence-electron chi connectivity index (χ2n) is 21.7. The van der Waals surface area contributed by atoms with E-state index in [-0.39, 0.29) is 32.0 Å². The number of rotatable bonds is 56. The lowest BCUT2D eigenvalue weighted by Gasteiger charge is -2.24. The van der Waals surface area contributed by atoms with Crippen molar-refractivity contribution in [1.82, 2.24) is 0 Å². The zero-order chi connectivity index (χ0) is 54.2. The maximum atomic E-state index is 12.8. The van der Waals surface area contributed by atoms with Crippen LogP contribution in [-0.4, -0.2) is 74.9 Å². The number of unbranched alkanes of at least 4 members (excludes halogenated alkanes) is 30. The van der Waals surface area contributed by atoms with Crippen LogP contribution in [-0.2, 0) is 32.7 Å². The molecule has 0 fully saturated rings. The van der Waals surface area contributed by atoms with Crippen molar-refractivity contribution in [1.29, 1.82) is 0 Å². The van der Waals surface area contributed by atoms with Gasteiger partial charge in [0.25, 0.3) is 0 Å². The predicted octanol–water partition coefficient (Wildman–Crippen LogP) is 19.3. The number of hydrogen-bond donors (Lipinski definition) is 1. The molecule has 0 saturated carbocycles. The molecule has 10 heteroatoms. The quantitative estimate of drug-likeness (QED) is 0.0211. The standard InChI is InChI=1S/C64H116NO8P/c1-6-8-10-12-14-16-18-20-22-24-26-27-28-29-30-31-32-33-34-35-36-37-39-40-42-44-46-48-50-52-54-56-63(66)70-60-62(61-72-74(68,69)71-59-58-65(3,4)5)73-64(67)57-55-53-51-49-47-45-43-41-38-25-23-21-19-17-15-13-11-9-7-2/h9,11,15,17-18,20-21,23-24,26,38,41,62H,6-8,10,12-14,16,19,22,25,27-37,39-40,42-61H2,1-5H3/p+1/b11-9-,17-15-,20-18-,23-21-,26-24-,41-38-. The van der Waals surface area contributed by atoms with Crippen LogP contribution in [0.4, 0.5) is 0 Å². The van der Waals surface area contributed by atoms with E-state index < -0.39 is 26.5 Å². The van der Waals surface area contributed by atoms with Crippen molar-refractivity contribution in [3.05, 3.63) is 72.9 Å². The molecule has 2 unspecified atom stereocenters. The van der Waals surface area contributed by atoms with Gasteiger partial charge in [-0.3, -0.25) is 18.6 Å². The molecule has 0 radical (unpaired) electrons. The molecule has 0 amide bonds. The van der Waals surface area contributed by atoms with Gasteiger partial charge in [0.15, 0.2) is 6.10 Å². The van der Waals surface area contributed by atoms with Crippen LogP contribution in [0.15, 0.2) is 72.9 Å². The van der Waals surface area contributed by atoms with Crippen molar-refractivity contribution in [2.24, 2.45) is 0 Å². The van der Waals surface area contributed by atoms with E-state index >= 15 is 0 Å². The summed E-state index contributed by atoms with van der Waals surface area (Å²) in [4.78, 5) is 35.7. The van der Waals surface area contributed by atoms with Crippen molar-refractivity contribution in [2.45, 2.75) is 277 Å². The fraction of sp³-hybridized carbons (Fsp3) is 0.781.